The molecule has 0 spiro atoms. The van der Waals surface area contributed by atoms with Crippen molar-refractivity contribution in [2.24, 2.45) is 0 Å². The Kier molecular flexibility index (Phi) is 7.20. The van der Waals surface area contributed by atoms with Crippen molar-refractivity contribution in [3.8, 4) is 17.2 Å². The molecule has 11 nitrogen and oxygen atoms in total. The third-order valence-corrected chi connectivity index (χ3v) is 7.23. The van der Waals surface area contributed by atoms with Crippen LogP contribution in [0.4, 0.5) is 5.13 Å². The fraction of sp³-hybridized carbons (Fsp3) is 0.211. The van der Waals surface area contributed by atoms with Crippen molar-refractivity contribution >= 4 is 44.6 Å². The molecule has 176 valence electrons. The maximum atomic E-state index is 12.7. The molecular formula is C19H20N3O8PS2. The third kappa shape index (κ3) is 6.83. The van der Waals surface area contributed by atoms with Crippen LogP contribution in [0.25, 0.3) is 0 Å². The fourth-order valence-corrected chi connectivity index (χ4v) is 4.55. The average Bonchev–Trinajstić information content (AvgIpc) is 3.16. The van der Waals surface area contributed by atoms with Crippen LogP contribution >= 0.6 is 18.9 Å². The van der Waals surface area contributed by atoms with Crippen LogP contribution < -0.4 is 19.5 Å². The average molecular weight is 513 g/mol. The van der Waals surface area contributed by atoms with Crippen molar-refractivity contribution in [3.05, 3.63) is 48.0 Å². The van der Waals surface area contributed by atoms with Gasteiger partial charge in [0.05, 0.1) is 11.0 Å². The monoisotopic (exact) mass is 513 g/mol. The number of amides is 1. The number of benzene rings is 2. The lowest BCUT2D eigenvalue weighted by Gasteiger charge is -2.14. The second-order valence-corrected chi connectivity index (χ2v) is 11.9. The smallest absolute Gasteiger partial charge is 0.386 e. The van der Waals surface area contributed by atoms with E-state index in [1.807, 2.05) is 13.8 Å². The molecule has 14 heteroatoms. The van der Waals surface area contributed by atoms with E-state index in [-0.39, 0.29) is 27.4 Å². The van der Waals surface area contributed by atoms with Gasteiger partial charge in [-0.25, -0.2) is 8.42 Å². The molecule has 0 saturated heterocycles. The van der Waals surface area contributed by atoms with Crippen LogP contribution in [0.5, 0.6) is 17.2 Å². The Morgan fingerprint density at radius 3 is 2.24 bits per heavy atom. The molecule has 2 aromatic carbocycles. The zero-order chi connectivity index (χ0) is 24.4. The Balaban J connectivity index is 1.87. The molecule has 0 fully saturated rings. The minimum Gasteiger partial charge on any atom is -0.491 e. The summed E-state index contributed by atoms with van der Waals surface area (Å²) >= 11 is 0.559. The van der Waals surface area contributed by atoms with Gasteiger partial charge >= 0.3 is 7.60 Å². The van der Waals surface area contributed by atoms with Crippen LogP contribution in [0.2, 0.25) is 0 Å². The van der Waals surface area contributed by atoms with Crippen LogP contribution in [0.1, 0.15) is 24.2 Å². The number of sulfone groups is 1. The van der Waals surface area contributed by atoms with Gasteiger partial charge in [0, 0.05) is 17.9 Å². The van der Waals surface area contributed by atoms with E-state index in [9.17, 15) is 17.8 Å². The van der Waals surface area contributed by atoms with Gasteiger partial charge in [0.15, 0.2) is 9.84 Å². The van der Waals surface area contributed by atoms with Crippen LogP contribution in [0.15, 0.2) is 47.4 Å². The van der Waals surface area contributed by atoms with Crippen molar-refractivity contribution in [2.45, 2.75) is 24.8 Å². The molecule has 0 unspecified atom stereocenters. The quantitative estimate of drug-likeness (QED) is 0.381. The first-order valence-corrected chi connectivity index (χ1v) is 13.6. The van der Waals surface area contributed by atoms with Crippen LogP contribution in [0.3, 0.4) is 0 Å². The molecule has 0 aliphatic rings. The van der Waals surface area contributed by atoms with Crippen LogP contribution in [0, 0.1) is 0 Å². The Labute approximate surface area is 193 Å². The number of nitrogens with one attached hydrogen (secondary N) is 1. The Hall–Kier alpha value is -2.83. The second kappa shape index (κ2) is 9.57. The molecule has 1 heterocycles. The molecule has 0 aliphatic heterocycles. The normalized spacial score (nSPS) is 11.9. The molecule has 0 radical (unpaired) electrons. The van der Waals surface area contributed by atoms with E-state index in [0.717, 1.165) is 6.26 Å². The molecule has 1 aromatic heterocycles. The standard InChI is InChI=1S/C19H20N3O8PS2/c1-11(2)29-14-8-12(17(23)20-18-21-22-19(32-18)31(24,25)26)9-15(10-14)30-13-4-6-16(7-5-13)33(3,27)28/h4-11H,1-3H3,(H,20,21,23)(H2,24,25,26). The molecular weight excluding hydrogens is 493 g/mol. The number of rotatable bonds is 8. The molecule has 0 saturated carbocycles. The predicted molar refractivity (Wildman–Crippen MR) is 121 cm³/mol. The van der Waals surface area contributed by atoms with Gasteiger partial charge in [-0.05, 0) is 50.2 Å². The molecule has 0 aliphatic carbocycles. The first-order valence-electron chi connectivity index (χ1n) is 9.32. The van der Waals surface area contributed by atoms with Crippen molar-refractivity contribution in [3.63, 3.8) is 0 Å². The third-order valence-electron chi connectivity index (χ3n) is 3.89. The first kappa shape index (κ1) is 24.8. The number of aromatic nitrogens is 2. The summed E-state index contributed by atoms with van der Waals surface area (Å²) in [6.45, 7) is 3.62. The van der Waals surface area contributed by atoms with E-state index < -0.39 is 28.1 Å². The molecule has 33 heavy (non-hydrogen) atoms. The second-order valence-electron chi connectivity index (χ2n) is 7.09. The lowest BCUT2D eigenvalue weighted by Crippen LogP contribution is -2.13. The van der Waals surface area contributed by atoms with Gasteiger partial charge in [0.2, 0.25) is 9.88 Å². The maximum absolute atomic E-state index is 12.7. The highest BCUT2D eigenvalue weighted by atomic mass is 32.2. The number of ether oxygens (including phenoxy) is 2. The minimum atomic E-state index is -4.58. The highest BCUT2D eigenvalue weighted by molar-refractivity contribution is 7.90. The highest BCUT2D eigenvalue weighted by Crippen LogP contribution is 2.35. The van der Waals surface area contributed by atoms with E-state index in [2.05, 4.69) is 15.5 Å². The van der Waals surface area contributed by atoms with Crippen LogP contribution in [-0.4, -0.2) is 46.7 Å². The summed E-state index contributed by atoms with van der Waals surface area (Å²) in [5, 5.41) is 9.30. The van der Waals surface area contributed by atoms with Gasteiger partial charge in [0.25, 0.3) is 5.91 Å². The molecule has 1 amide bonds. The number of hydrogen-bond donors (Lipinski definition) is 3. The zero-order valence-corrected chi connectivity index (χ0v) is 20.1. The summed E-state index contributed by atoms with van der Waals surface area (Å²) in [5.74, 6) is 0.299. The maximum Gasteiger partial charge on any atom is 0.386 e. The van der Waals surface area contributed by atoms with Crippen molar-refractivity contribution in [2.75, 3.05) is 11.6 Å². The summed E-state index contributed by atoms with van der Waals surface area (Å²) in [6, 6.07) is 10.2. The molecule has 0 atom stereocenters. The SMILES string of the molecule is CC(C)Oc1cc(Oc2ccc(S(C)(=O)=O)cc2)cc(C(=O)Nc2nnc(P(=O)(O)O)s2)c1. The highest BCUT2D eigenvalue weighted by Gasteiger charge is 2.24. The fourth-order valence-electron chi connectivity index (χ4n) is 2.55. The summed E-state index contributed by atoms with van der Waals surface area (Å²) in [4.78, 5) is 31.2. The van der Waals surface area contributed by atoms with E-state index in [1.54, 1.807) is 6.07 Å². The number of carbonyl (C=O) groups excluding carboxylic acids is 1. The van der Waals surface area contributed by atoms with E-state index in [4.69, 9.17) is 19.3 Å². The molecule has 3 N–H and O–H groups in total. The largest absolute Gasteiger partial charge is 0.491 e. The molecule has 3 aromatic rings. The number of hydrogen-bond acceptors (Lipinski definition) is 9. The zero-order valence-electron chi connectivity index (χ0n) is 17.6. The number of anilines is 1. The van der Waals surface area contributed by atoms with E-state index in [0.29, 0.717) is 22.8 Å². The topological polar surface area (TPSA) is 165 Å². The summed E-state index contributed by atoms with van der Waals surface area (Å²) in [7, 11) is -7.94. The van der Waals surface area contributed by atoms with Crippen LogP contribution in [-0.2, 0) is 14.4 Å². The Morgan fingerprint density at radius 1 is 1.06 bits per heavy atom. The van der Waals surface area contributed by atoms with Crippen molar-refractivity contribution < 1.29 is 37.0 Å². The molecule has 0 bridgehead atoms. The number of carbonyl (C=O) groups is 1. The van der Waals surface area contributed by atoms with E-state index >= 15 is 0 Å². The van der Waals surface area contributed by atoms with Gasteiger partial charge in [-0.15, -0.1) is 10.2 Å². The van der Waals surface area contributed by atoms with Crippen molar-refractivity contribution in [1.82, 2.24) is 10.2 Å². The minimum absolute atomic E-state index is 0.0904. The van der Waals surface area contributed by atoms with Gasteiger partial charge in [0.1, 0.15) is 17.2 Å². The Morgan fingerprint density at radius 2 is 1.70 bits per heavy atom. The lowest BCUT2D eigenvalue weighted by molar-refractivity contribution is 0.102. The van der Waals surface area contributed by atoms with Gasteiger partial charge < -0.3 is 19.3 Å². The van der Waals surface area contributed by atoms with Gasteiger partial charge in [-0.3, -0.25) is 14.7 Å². The van der Waals surface area contributed by atoms with Gasteiger partial charge in [-0.1, -0.05) is 11.3 Å². The summed E-state index contributed by atoms with van der Waals surface area (Å²) < 4.78 is 45.4. The molecule has 3 rings (SSSR count). The first-order chi connectivity index (χ1) is 15.3. The predicted octanol–water partition coefficient (Wildman–Crippen LogP) is 2.58. The van der Waals surface area contributed by atoms with E-state index in [1.165, 1.54) is 36.4 Å². The van der Waals surface area contributed by atoms with Gasteiger partial charge in [-0.2, -0.15) is 0 Å². The lowest BCUT2D eigenvalue weighted by atomic mass is 10.2. The summed E-state index contributed by atoms with van der Waals surface area (Å²) in [5.41, 5.74) is 0.129. The number of nitrogens with zero attached hydrogens (tertiary/aromatic N) is 2. The Bertz CT molecular complexity index is 1320. The summed E-state index contributed by atoms with van der Waals surface area (Å²) in [6.07, 6.45) is 0.903. The van der Waals surface area contributed by atoms with Crippen molar-refractivity contribution in [1.29, 1.82) is 0 Å².